The summed E-state index contributed by atoms with van der Waals surface area (Å²) in [6.45, 7) is 5.06. The number of sulfonamides is 1. The largest absolute Gasteiger partial charge is 0.335 e. The van der Waals surface area contributed by atoms with Crippen molar-refractivity contribution in [2.75, 3.05) is 45.5 Å². The molecule has 3 rings (SSSR count). The van der Waals surface area contributed by atoms with Gasteiger partial charge < -0.3 is 10.2 Å². The molecule has 144 valence electrons. The van der Waals surface area contributed by atoms with Crippen molar-refractivity contribution in [2.45, 2.75) is 25.4 Å². The number of amides is 2. The normalized spacial score (nSPS) is 20.9. The van der Waals surface area contributed by atoms with Crippen molar-refractivity contribution in [1.82, 2.24) is 19.4 Å². The van der Waals surface area contributed by atoms with Crippen molar-refractivity contribution in [3.8, 4) is 0 Å². The molecule has 26 heavy (non-hydrogen) atoms. The monoisotopic (exact) mass is 380 g/mol. The highest BCUT2D eigenvalue weighted by Gasteiger charge is 2.28. The standard InChI is InChI=1S/C18H28N4O3S/c1-26(24,25)22-9-7-17(8-10-22)19-18(23)21-13-11-20(12-14-21)15-16-5-3-2-4-6-16/h2-6,17H,7-15H2,1H3,(H,19,23). The summed E-state index contributed by atoms with van der Waals surface area (Å²) in [7, 11) is -3.13. The molecule has 8 heteroatoms. The molecule has 1 aromatic rings. The molecule has 2 aliphatic heterocycles. The van der Waals surface area contributed by atoms with Crippen molar-refractivity contribution in [3.63, 3.8) is 0 Å². The zero-order valence-electron chi connectivity index (χ0n) is 15.3. The van der Waals surface area contributed by atoms with E-state index in [4.69, 9.17) is 0 Å². The van der Waals surface area contributed by atoms with Crippen LogP contribution in [0.4, 0.5) is 4.79 Å². The molecule has 2 amide bonds. The first-order valence-electron chi connectivity index (χ1n) is 9.18. The molecule has 7 nitrogen and oxygen atoms in total. The fourth-order valence-electron chi connectivity index (χ4n) is 3.55. The van der Waals surface area contributed by atoms with Crippen molar-refractivity contribution in [3.05, 3.63) is 35.9 Å². The average Bonchev–Trinajstić information content (AvgIpc) is 2.63. The lowest BCUT2D eigenvalue weighted by Gasteiger charge is -2.36. The van der Waals surface area contributed by atoms with E-state index in [1.54, 1.807) is 0 Å². The van der Waals surface area contributed by atoms with Crippen molar-refractivity contribution in [2.24, 2.45) is 0 Å². The Morgan fingerprint density at radius 2 is 1.65 bits per heavy atom. The van der Waals surface area contributed by atoms with E-state index in [0.29, 0.717) is 25.9 Å². The van der Waals surface area contributed by atoms with Gasteiger partial charge in [0.25, 0.3) is 0 Å². The number of nitrogens with one attached hydrogen (secondary N) is 1. The zero-order chi connectivity index (χ0) is 18.6. The molecule has 2 fully saturated rings. The Hall–Kier alpha value is -1.64. The molecule has 0 spiro atoms. The number of rotatable bonds is 4. The highest BCUT2D eigenvalue weighted by molar-refractivity contribution is 7.88. The van der Waals surface area contributed by atoms with Crippen LogP contribution in [0.3, 0.4) is 0 Å². The van der Waals surface area contributed by atoms with Crippen LogP contribution in [-0.2, 0) is 16.6 Å². The molecule has 0 aromatic heterocycles. The summed E-state index contributed by atoms with van der Waals surface area (Å²) < 4.78 is 24.6. The van der Waals surface area contributed by atoms with Crippen LogP contribution in [0.5, 0.6) is 0 Å². The summed E-state index contributed by atoms with van der Waals surface area (Å²) in [5.41, 5.74) is 1.29. The van der Waals surface area contributed by atoms with E-state index in [9.17, 15) is 13.2 Å². The Labute approximate surface area is 156 Å². The summed E-state index contributed by atoms with van der Waals surface area (Å²) in [4.78, 5) is 16.7. The van der Waals surface area contributed by atoms with Crippen LogP contribution in [0, 0.1) is 0 Å². The van der Waals surface area contributed by atoms with Gasteiger partial charge in [-0.2, -0.15) is 0 Å². The lowest BCUT2D eigenvalue weighted by Crippen LogP contribution is -2.54. The van der Waals surface area contributed by atoms with Gasteiger partial charge in [0.05, 0.1) is 6.26 Å². The summed E-state index contributed by atoms with van der Waals surface area (Å²) in [5.74, 6) is 0. The van der Waals surface area contributed by atoms with Gasteiger partial charge in [-0.15, -0.1) is 0 Å². The smallest absolute Gasteiger partial charge is 0.317 e. The van der Waals surface area contributed by atoms with Gasteiger partial charge in [0.15, 0.2) is 0 Å². The SMILES string of the molecule is CS(=O)(=O)N1CCC(NC(=O)N2CCN(Cc3ccccc3)CC2)CC1. The van der Waals surface area contributed by atoms with Crippen LogP contribution in [0.25, 0.3) is 0 Å². The second-order valence-electron chi connectivity index (χ2n) is 7.13. The quantitative estimate of drug-likeness (QED) is 0.844. The first-order valence-corrected chi connectivity index (χ1v) is 11.0. The number of carbonyl (C=O) groups is 1. The molecule has 0 atom stereocenters. The molecular formula is C18H28N4O3S. The van der Waals surface area contributed by atoms with Crippen molar-refractivity contribution < 1.29 is 13.2 Å². The predicted octanol–water partition coefficient (Wildman–Crippen LogP) is 0.938. The number of hydrogen-bond acceptors (Lipinski definition) is 4. The van der Waals surface area contributed by atoms with E-state index >= 15 is 0 Å². The van der Waals surface area contributed by atoms with E-state index in [1.807, 2.05) is 23.1 Å². The molecule has 2 heterocycles. The molecule has 1 N–H and O–H groups in total. The number of carbonyl (C=O) groups excluding carboxylic acids is 1. The van der Waals surface area contributed by atoms with Gasteiger partial charge in [-0.3, -0.25) is 4.90 Å². The third-order valence-corrected chi connectivity index (χ3v) is 6.46. The Bertz CT molecular complexity index is 694. The lowest BCUT2D eigenvalue weighted by atomic mass is 10.1. The van der Waals surface area contributed by atoms with Gasteiger partial charge in [0, 0.05) is 51.9 Å². The molecule has 1 aromatic carbocycles. The van der Waals surface area contributed by atoms with Crippen molar-refractivity contribution >= 4 is 16.1 Å². The summed E-state index contributed by atoms with van der Waals surface area (Å²) in [6, 6.07) is 10.4. The zero-order valence-corrected chi connectivity index (χ0v) is 16.1. The topological polar surface area (TPSA) is 73.0 Å². The molecule has 0 saturated carbocycles. The van der Waals surface area contributed by atoms with Gasteiger partial charge in [0.2, 0.25) is 10.0 Å². The first-order chi connectivity index (χ1) is 12.4. The maximum Gasteiger partial charge on any atom is 0.317 e. The number of nitrogens with zero attached hydrogens (tertiary/aromatic N) is 3. The van der Waals surface area contributed by atoms with Gasteiger partial charge in [0.1, 0.15) is 0 Å². The van der Waals surface area contributed by atoms with Crippen molar-refractivity contribution in [1.29, 1.82) is 0 Å². The van der Waals surface area contributed by atoms with E-state index in [-0.39, 0.29) is 12.1 Å². The number of piperazine rings is 1. The van der Waals surface area contributed by atoms with Crippen LogP contribution in [0.15, 0.2) is 30.3 Å². The van der Waals surface area contributed by atoms with E-state index in [1.165, 1.54) is 16.1 Å². The number of hydrogen-bond donors (Lipinski definition) is 1. The molecule has 0 bridgehead atoms. The molecule has 0 aliphatic carbocycles. The summed E-state index contributed by atoms with van der Waals surface area (Å²) >= 11 is 0. The molecule has 0 radical (unpaired) electrons. The third kappa shape index (κ3) is 5.18. The van der Waals surface area contributed by atoms with Gasteiger partial charge >= 0.3 is 6.03 Å². The third-order valence-electron chi connectivity index (χ3n) is 5.16. The van der Waals surface area contributed by atoms with E-state index < -0.39 is 10.0 Å². The average molecular weight is 381 g/mol. The van der Waals surface area contributed by atoms with Crippen LogP contribution < -0.4 is 5.32 Å². The number of benzene rings is 1. The summed E-state index contributed by atoms with van der Waals surface area (Å²) in [6.07, 6.45) is 2.58. The minimum Gasteiger partial charge on any atom is -0.335 e. The Kier molecular flexibility index (Phi) is 6.16. The van der Waals surface area contributed by atoms with Crippen LogP contribution in [0.1, 0.15) is 18.4 Å². The predicted molar refractivity (Wildman–Crippen MR) is 101 cm³/mol. The Morgan fingerprint density at radius 3 is 2.23 bits per heavy atom. The molecule has 2 saturated heterocycles. The minimum atomic E-state index is -3.13. The fraction of sp³-hybridized carbons (Fsp3) is 0.611. The molecule has 0 unspecified atom stereocenters. The highest BCUT2D eigenvalue weighted by atomic mass is 32.2. The molecular weight excluding hydrogens is 352 g/mol. The highest BCUT2D eigenvalue weighted by Crippen LogP contribution is 2.14. The second kappa shape index (κ2) is 8.37. The van der Waals surface area contributed by atoms with Crippen LogP contribution >= 0.6 is 0 Å². The van der Waals surface area contributed by atoms with Gasteiger partial charge in [-0.25, -0.2) is 17.5 Å². The van der Waals surface area contributed by atoms with E-state index in [2.05, 4.69) is 22.3 Å². The first kappa shape index (κ1) is 19.1. The van der Waals surface area contributed by atoms with Gasteiger partial charge in [-0.05, 0) is 18.4 Å². The Morgan fingerprint density at radius 1 is 1.04 bits per heavy atom. The second-order valence-corrected chi connectivity index (χ2v) is 9.12. The maximum atomic E-state index is 12.5. The minimum absolute atomic E-state index is 0.0258. The van der Waals surface area contributed by atoms with Gasteiger partial charge in [-0.1, -0.05) is 30.3 Å². The number of piperidine rings is 1. The summed E-state index contributed by atoms with van der Waals surface area (Å²) in [5, 5.41) is 3.07. The van der Waals surface area contributed by atoms with Crippen LogP contribution in [-0.4, -0.2) is 80.1 Å². The number of urea groups is 1. The fourth-order valence-corrected chi connectivity index (χ4v) is 4.42. The maximum absolute atomic E-state index is 12.5. The lowest BCUT2D eigenvalue weighted by molar-refractivity contribution is 0.131. The Balaban J connectivity index is 1.40. The van der Waals surface area contributed by atoms with E-state index in [0.717, 1.165) is 32.7 Å². The molecule has 2 aliphatic rings. The van der Waals surface area contributed by atoms with Crippen LogP contribution in [0.2, 0.25) is 0 Å².